The second-order valence-electron chi connectivity index (χ2n) is 10.4. The number of hydrogen-bond donors (Lipinski definition) is 2. The molecule has 0 bridgehead atoms. The highest BCUT2D eigenvalue weighted by Gasteiger charge is 2.47. The van der Waals surface area contributed by atoms with Crippen molar-refractivity contribution in [1.29, 1.82) is 0 Å². The molecule has 0 saturated carbocycles. The topological polar surface area (TPSA) is 66.8 Å². The van der Waals surface area contributed by atoms with Crippen molar-refractivity contribution < 1.29 is 19.7 Å². The molecule has 0 spiro atoms. The number of unbranched alkanes of at least 4 members (excludes halogenated alkanes) is 9. The molecular weight excluding hydrogens is 460 g/mol. The molecule has 0 saturated heterocycles. The van der Waals surface area contributed by atoms with Crippen molar-refractivity contribution in [3.63, 3.8) is 0 Å². The average Bonchev–Trinajstić information content (AvgIpc) is 2.87. The van der Waals surface area contributed by atoms with Gasteiger partial charge in [0, 0.05) is 0 Å². The molecule has 1 aliphatic carbocycles. The van der Waals surface area contributed by atoms with Crippen LogP contribution >= 0.6 is 0 Å². The van der Waals surface area contributed by atoms with Crippen LogP contribution in [-0.4, -0.2) is 22.8 Å². The van der Waals surface area contributed by atoms with Gasteiger partial charge in [-0.05, 0) is 60.2 Å². The Bertz CT molecular complexity index is 1080. The minimum atomic E-state index is -1.73. The number of aliphatic carboxylic acids is 1. The molecule has 0 aromatic heterocycles. The normalized spacial score (nSPS) is 19.3. The number of carboxylic acid groups (broad SMARTS) is 1. The highest BCUT2D eigenvalue weighted by molar-refractivity contribution is 5.92. The van der Waals surface area contributed by atoms with Crippen LogP contribution in [0.2, 0.25) is 0 Å². The molecular formula is C33H44O4. The lowest BCUT2D eigenvalue weighted by molar-refractivity contribution is -0.146. The second-order valence-corrected chi connectivity index (χ2v) is 10.4. The maximum atomic E-state index is 12.6. The van der Waals surface area contributed by atoms with E-state index in [1.54, 1.807) is 6.08 Å². The Morgan fingerprint density at radius 2 is 1.41 bits per heavy atom. The first-order valence-corrected chi connectivity index (χ1v) is 14.0. The van der Waals surface area contributed by atoms with Gasteiger partial charge in [0.15, 0.2) is 0 Å². The number of allylic oxidation sites excluding steroid dienone is 1. The van der Waals surface area contributed by atoms with Crippen LogP contribution < -0.4 is 0 Å². The maximum Gasteiger partial charge on any atom is 0.314 e. The molecule has 4 nitrogen and oxygen atoms in total. The van der Waals surface area contributed by atoms with Crippen molar-refractivity contribution in [2.24, 2.45) is 5.92 Å². The zero-order valence-corrected chi connectivity index (χ0v) is 22.8. The Morgan fingerprint density at radius 1 is 0.838 bits per heavy atom. The molecule has 200 valence electrons. The molecule has 4 heteroatoms. The van der Waals surface area contributed by atoms with Crippen molar-refractivity contribution >= 4 is 11.5 Å². The fourth-order valence-electron chi connectivity index (χ4n) is 5.39. The lowest BCUT2D eigenvalue weighted by Gasteiger charge is -2.38. The first-order valence-electron chi connectivity index (χ1n) is 14.0. The SMILES string of the molecule is CCCCCCCCCCCCOC1=CC(O)(c2ccccc2C)C(C(=O)O)C(c2ccccc2C)=C1. The van der Waals surface area contributed by atoms with Gasteiger partial charge in [-0.15, -0.1) is 0 Å². The van der Waals surface area contributed by atoms with Gasteiger partial charge in [0.2, 0.25) is 0 Å². The molecule has 0 fully saturated rings. The van der Waals surface area contributed by atoms with Crippen LogP contribution in [0.5, 0.6) is 0 Å². The number of aryl methyl sites for hydroxylation is 2. The van der Waals surface area contributed by atoms with E-state index in [1.807, 2.05) is 68.5 Å². The predicted octanol–water partition coefficient (Wildman–Crippen LogP) is 8.11. The van der Waals surface area contributed by atoms with E-state index in [1.165, 1.54) is 51.4 Å². The van der Waals surface area contributed by atoms with E-state index in [0.29, 0.717) is 23.5 Å². The zero-order valence-electron chi connectivity index (χ0n) is 22.8. The summed E-state index contributed by atoms with van der Waals surface area (Å²) < 4.78 is 6.16. The fraction of sp³-hybridized carbons (Fsp3) is 0.485. The quantitative estimate of drug-likeness (QED) is 0.240. The summed E-state index contributed by atoms with van der Waals surface area (Å²) in [5.41, 5.74) is 2.04. The maximum absolute atomic E-state index is 12.6. The summed E-state index contributed by atoms with van der Waals surface area (Å²) in [6.45, 7) is 6.65. The molecule has 1 aliphatic rings. The Hall–Kier alpha value is -2.85. The van der Waals surface area contributed by atoms with Gasteiger partial charge in [0.1, 0.15) is 17.3 Å². The lowest BCUT2D eigenvalue weighted by atomic mass is 9.70. The Labute approximate surface area is 223 Å². The van der Waals surface area contributed by atoms with Gasteiger partial charge >= 0.3 is 5.97 Å². The Morgan fingerprint density at radius 3 is 2.00 bits per heavy atom. The Kier molecular flexibility index (Phi) is 11.0. The third-order valence-corrected chi connectivity index (χ3v) is 7.46. The zero-order chi connectivity index (χ0) is 26.7. The van der Waals surface area contributed by atoms with E-state index < -0.39 is 17.5 Å². The summed E-state index contributed by atoms with van der Waals surface area (Å²) >= 11 is 0. The van der Waals surface area contributed by atoms with Crippen molar-refractivity contribution in [3.8, 4) is 0 Å². The van der Waals surface area contributed by atoms with Gasteiger partial charge in [-0.2, -0.15) is 0 Å². The molecule has 2 aromatic carbocycles. The van der Waals surface area contributed by atoms with Crippen molar-refractivity contribution in [2.45, 2.75) is 90.6 Å². The third kappa shape index (κ3) is 7.58. The van der Waals surface area contributed by atoms with Gasteiger partial charge in [0.25, 0.3) is 0 Å². The average molecular weight is 505 g/mol. The summed E-state index contributed by atoms with van der Waals surface area (Å²) in [4.78, 5) is 12.6. The Balaban J connectivity index is 1.74. The van der Waals surface area contributed by atoms with Gasteiger partial charge in [0.05, 0.1) is 6.61 Å². The highest BCUT2D eigenvalue weighted by Crippen LogP contribution is 2.46. The van der Waals surface area contributed by atoms with Crippen LogP contribution in [0.1, 0.15) is 93.4 Å². The number of ether oxygens (including phenoxy) is 1. The lowest BCUT2D eigenvalue weighted by Crippen LogP contribution is -2.42. The number of carboxylic acids is 1. The van der Waals surface area contributed by atoms with Crippen LogP contribution in [0.15, 0.2) is 66.4 Å². The monoisotopic (exact) mass is 504 g/mol. The van der Waals surface area contributed by atoms with Crippen LogP contribution in [0.4, 0.5) is 0 Å². The van der Waals surface area contributed by atoms with Crippen LogP contribution in [0.25, 0.3) is 5.57 Å². The smallest absolute Gasteiger partial charge is 0.314 e. The van der Waals surface area contributed by atoms with E-state index in [2.05, 4.69) is 6.92 Å². The first-order chi connectivity index (χ1) is 17.9. The minimum Gasteiger partial charge on any atom is -0.494 e. The number of aliphatic hydroxyl groups is 1. The summed E-state index contributed by atoms with van der Waals surface area (Å²) in [5, 5.41) is 22.4. The second kappa shape index (κ2) is 14.2. The van der Waals surface area contributed by atoms with Gasteiger partial charge < -0.3 is 14.9 Å². The molecule has 3 rings (SSSR count). The summed E-state index contributed by atoms with van der Waals surface area (Å²) in [6, 6.07) is 15.2. The molecule has 0 aliphatic heterocycles. The molecule has 2 atom stereocenters. The minimum absolute atomic E-state index is 0.525. The number of hydrogen-bond acceptors (Lipinski definition) is 3. The third-order valence-electron chi connectivity index (χ3n) is 7.46. The summed E-state index contributed by atoms with van der Waals surface area (Å²) in [6.07, 6.45) is 15.9. The van der Waals surface area contributed by atoms with E-state index in [4.69, 9.17) is 4.74 Å². The van der Waals surface area contributed by atoms with Gasteiger partial charge in [-0.1, -0.05) is 113 Å². The van der Waals surface area contributed by atoms with Crippen LogP contribution in [0, 0.1) is 19.8 Å². The van der Waals surface area contributed by atoms with Gasteiger partial charge in [-0.3, -0.25) is 4.79 Å². The molecule has 2 aromatic rings. The molecule has 2 unspecified atom stereocenters. The predicted molar refractivity (Wildman–Crippen MR) is 151 cm³/mol. The van der Waals surface area contributed by atoms with E-state index >= 15 is 0 Å². The molecule has 0 amide bonds. The highest BCUT2D eigenvalue weighted by atomic mass is 16.5. The summed E-state index contributed by atoms with van der Waals surface area (Å²) in [5.74, 6) is -1.69. The van der Waals surface area contributed by atoms with Crippen LogP contribution in [-0.2, 0) is 15.1 Å². The van der Waals surface area contributed by atoms with Crippen molar-refractivity contribution in [1.82, 2.24) is 0 Å². The molecule has 37 heavy (non-hydrogen) atoms. The number of carbonyl (C=O) groups is 1. The van der Waals surface area contributed by atoms with Crippen molar-refractivity contribution in [2.75, 3.05) is 6.61 Å². The van der Waals surface area contributed by atoms with E-state index in [9.17, 15) is 15.0 Å². The molecule has 0 radical (unpaired) electrons. The number of benzene rings is 2. The largest absolute Gasteiger partial charge is 0.494 e. The van der Waals surface area contributed by atoms with Crippen LogP contribution in [0.3, 0.4) is 0 Å². The fourth-order valence-corrected chi connectivity index (χ4v) is 5.39. The number of rotatable bonds is 15. The van der Waals surface area contributed by atoms with Gasteiger partial charge in [-0.25, -0.2) is 0 Å². The first kappa shape index (κ1) is 28.7. The van der Waals surface area contributed by atoms with E-state index in [0.717, 1.165) is 29.5 Å². The van der Waals surface area contributed by atoms with Crippen molar-refractivity contribution in [3.05, 3.63) is 88.7 Å². The molecule has 0 heterocycles. The summed E-state index contributed by atoms with van der Waals surface area (Å²) in [7, 11) is 0. The molecule has 2 N–H and O–H groups in total. The van der Waals surface area contributed by atoms with E-state index in [-0.39, 0.29) is 0 Å². The standard InChI is InChI=1S/C33H44O4/c1-4-5-6-7-8-9-10-11-12-17-22-37-27-23-29(28-20-15-13-18-25(28)2)31(32(34)35)33(36,24-27)30-21-16-14-19-26(30)3/h13-16,18-21,23-24,31,36H,4-12,17,22H2,1-3H3,(H,34,35).